The average Bonchev–Trinajstić information content (AvgIpc) is 3.35. The largest absolute Gasteiger partial charge is 0.508 e. The molecule has 20 nitrogen and oxygen atoms in total. The average molecular weight is 788 g/mol. The van der Waals surface area contributed by atoms with Crippen LogP contribution in [0.2, 0.25) is 0 Å². The Kier molecular flexibility index (Phi) is 12.1. The monoisotopic (exact) mass is 787 g/mol. The van der Waals surface area contributed by atoms with Crippen molar-refractivity contribution in [3.05, 3.63) is 29.8 Å². The highest BCUT2D eigenvalue weighted by atomic mass is 16.7. The lowest BCUT2D eigenvalue weighted by Crippen LogP contribution is -2.67. The van der Waals surface area contributed by atoms with Crippen molar-refractivity contribution in [3.63, 3.8) is 0 Å². The minimum absolute atomic E-state index is 0.0361. The Hall–Kier alpha value is -3.09. The number of rotatable bonds is 8. The molecule has 1 aromatic carbocycles. The number of aromatic hydroxyl groups is 1. The summed E-state index contributed by atoms with van der Waals surface area (Å²) in [7, 11) is 0. The molecule has 3 heterocycles. The van der Waals surface area contributed by atoms with Crippen molar-refractivity contribution >= 4 is 17.8 Å². The number of carbonyl (C=O) groups excluding carboxylic acids is 3. The first-order valence-corrected chi connectivity index (χ1v) is 18.1. The highest BCUT2D eigenvalue weighted by Crippen LogP contribution is 2.52. The van der Waals surface area contributed by atoms with Crippen molar-refractivity contribution in [1.29, 1.82) is 0 Å². The van der Waals surface area contributed by atoms with Crippen LogP contribution in [0, 0.1) is 11.8 Å². The van der Waals surface area contributed by atoms with Gasteiger partial charge in [0.05, 0.1) is 43.0 Å². The fourth-order valence-corrected chi connectivity index (χ4v) is 8.24. The summed E-state index contributed by atoms with van der Waals surface area (Å²) in [4.78, 5) is 38.3. The van der Waals surface area contributed by atoms with Crippen LogP contribution in [0.4, 0.5) is 0 Å². The molecule has 55 heavy (non-hydrogen) atoms. The fraction of sp³-hybridized carbons (Fsp3) is 0.743. The van der Waals surface area contributed by atoms with Crippen LogP contribution in [0.5, 0.6) is 5.75 Å². The van der Waals surface area contributed by atoms with E-state index < -0.39 is 146 Å². The summed E-state index contributed by atoms with van der Waals surface area (Å²) in [6.45, 7) is 1.78. The molecule has 0 bridgehead atoms. The van der Waals surface area contributed by atoms with Crippen LogP contribution in [0.3, 0.4) is 0 Å². The van der Waals surface area contributed by atoms with Crippen LogP contribution >= 0.6 is 0 Å². The third-order valence-electron chi connectivity index (χ3n) is 11.4. The molecule has 11 N–H and O–H groups in total. The van der Waals surface area contributed by atoms with Gasteiger partial charge in [-0.1, -0.05) is 6.92 Å². The van der Waals surface area contributed by atoms with E-state index in [2.05, 4.69) is 5.32 Å². The zero-order chi connectivity index (χ0) is 40.1. The van der Waals surface area contributed by atoms with Crippen molar-refractivity contribution in [3.8, 4) is 5.75 Å². The highest BCUT2D eigenvalue weighted by molar-refractivity contribution is 5.89. The van der Waals surface area contributed by atoms with Crippen LogP contribution in [0.25, 0.3) is 0 Å². The summed E-state index contributed by atoms with van der Waals surface area (Å²) < 4.78 is 34.8. The van der Waals surface area contributed by atoms with Crippen molar-refractivity contribution in [2.45, 2.75) is 136 Å². The summed E-state index contributed by atoms with van der Waals surface area (Å²) in [5.74, 6) is -5.93. The fourth-order valence-electron chi connectivity index (χ4n) is 8.24. The minimum atomic E-state index is -2.30. The Morgan fingerprint density at radius 1 is 0.909 bits per heavy atom. The maximum absolute atomic E-state index is 13.7. The van der Waals surface area contributed by atoms with Gasteiger partial charge in [-0.25, -0.2) is 4.79 Å². The number of ether oxygens (including phenoxy) is 6. The molecule has 0 radical (unpaired) electrons. The summed E-state index contributed by atoms with van der Waals surface area (Å²) in [6, 6.07) is 3.96. The molecule has 3 saturated heterocycles. The molecule has 1 aromatic rings. The van der Waals surface area contributed by atoms with Gasteiger partial charge in [-0.15, -0.1) is 0 Å². The molecule has 5 aliphatic rings. The van der Waals surface area contributed by atoms with Crippen LogP contribution in [-0.2, 0) is 38.0 Å². The second-order valence-electron chi connectivity index (χ2n) is 15.2. The van der Waals surface area contributed by atoms with E-state index in [1.54, 1.807) is 6.92 Å². The molecule has 1 amide bonds. The van der Waals surface area contributed by atoms with Crippen LogP contribution in [0.15, 0.2) is 24.3 Å². The van der Waals surface area contributed by atoms with Gasteiger partial charge in [0.15, 0.2) is 12.1 Å². The summed E-state index contributed by atoms with van der Waals surface area (Å²) >= 11 is 0. The van der Waals surface area contributed by atoms with E-state index >= 15 is 0 Å². The molecule has 2 saturated carbocycles. The van der Waals surface area contributed by atoms with Gasteiger partial charge >= 0.3 is 11.9 Å². The van der Waals surface area contributed by atoms with Gasteiger partial charge in [0.25, 0.3) is 0 Å². The molecule has 0 unspecified atom stereocenters. The lowest BCUT2D eigenvalue weighted by molar-refractivity contribution is -0.311. The molecule has 308 valence electrons. The molecule has 5 fully saturated rings. The zero-order valence-electron chi connectivity index (χ0n) is 29.9. The molecule has 0 aromatic heterocycles. The quantitative estimate of drug-likeness (QED) is 0.111. The van der Waals surface area contributed by atoms with Gasteiger partial charge in [-0.05, 0) is 37.1 Å². The van der Waals surface area contributed by atoms with Gasteiger partial charge in [-0.3, -0.25) is 9.59 Å². The SMILES string of the molecule is CC(=O)N[C@@H]1[C@@H](O[C@@H]2[C@@H](O)[C@H](O)[C@@H](O)C[C@H]2OC(=O)[C@H]2C[C@H](O)[C@@]3(O)[C@@H](C2)O[C@@]2(C[C@H](C)[C@H](OC(=O)c4ccc(O)cc4)CO2)[C@@H]3O)O[C@H](CO)[C@@H](O)[C@@H]1O. The number of phenols is 1. The highest BCUT2D eigenvalue weighted by Gasteiger charge is 2.70. The summed E-state index contributed by atoms with van der Waals surface area (Å²) in [6.07, 6.45) is -22.0. The van der Waals surface area contributed by atoms with E-state index in [-0.39, 0.29) is 30.8 Å². The molecular weight excluding hydrogens is 738 g/mol. The Labute approximate surface area is 314 Å². The number of amides is 1. The third-order valence-corrected chi connectivity index (χ3v) is 11.4. The normalized spacial score (nSPS) is 45.7. The Balaban J connectivity index is 1.14. The number of esters is 2. The van der Waals surface area contributed by atoms with Crippen LogP contribution in [0.1, 0.15) is 49.9 Å². The Morgan fingerprint density at radius 2 is 1.60 bits per heavy atom. The molecule has 2 aliphatic carbocycles. The van der Waals surface area contributed by atoms with E-state index in [4.69, 9.17) is 28.4 Å². The van der Waals surface area contributed by atoms with E-state index in [0.29, 0.717) is 0 Å². The zero-order valence-corrected chi connectivity index (χ0v) is 29.9. The molecule has 3 aliphatic heterocycles. The number of phenolic OH excluding ortho intramolecular Hbond substituents is 1. The topological polar surface area (TPSA) is 321 Å². The number of aliphatic hydroxyl groups excluding tert-OH is 8. The molecule has 20 heteroatoms. The molecular formula is C35H49NO19. The maximum Gasteiger partial charge on any atom is 0.338 e. The lowest BCUT2D eigenvalue weighted by atomic mass is 9.71. The standard InChI is InChI=1S/C35H49NO19/c1-13-10-34(50-12-21(13)52-30(46)15-3-5-17(39)6-4-15)33(48)35(49)22(41)7-16(8-23(35)55-34)31(47)51-19-9-18(40)25(42)28(45)29(19)54-32-24(36-14(2)38)27(44)26(43)20(11-37)53-32/h3-6,13,16,18-29,32-33,37,39-45,48-49H,7-12H2,1-2H3,(H,36,38)/t13-,16-,18-,19+,20+,21+,22-,23+,24-,25+,26+,27+,28-,29-,32+,33-,34-,35+/m0/s1. The van der Waals surface area contributed by atoms with Crippen molar-refractivity contribution in [1.82, 2.24) is 5.32 Å². The predicted molar refractivity (Wildman–Crippen MR) is 177 cm³/mol. The van der Waals surface area contributed by atoms with E-state index in [0.717, 1.165) is 6.92 Å². The molecule has 18 atom stereocenters. The number of fused-ring (bicyclic) bond motifs is 1. The number of aliphatic hydroxyl groups is 9. The third kappa shape index (κ3) is 7.81. The number of hydrogen-bond donors (Lipinski definition) is 11. The van der Waals surface area contributed by atoms with Crippen molar-refractivity contribution in [2.75, 3.05) is 13.2 Å². The van der Waals surface area contributed by atoms with E-state index in [1.807, 2.05) is 0 Å². The van der Waals surface area contributed by atoms with E-state index in [1.165, 1.54) is 24.3 Å². The smallest absolute Gasteiger partial charge is 0.338 e. The second kappa shape index (κ2) is 16.0. The molecule has 1 spiro atoms. The van der Waals surface area contributed by atoms with E-state index in [9.17, 15) is 65.4 Å². The van der Waals surface area contributed by atoms with Gasteiger partial charge in [-0.2, -0.15) is 0 Å². The number of hydrogen-bond acceptors (Lipinski definition) is 19. The summed E-state index contributed by atoms with van der Waals surface area (Å²) in [5, 5.41) is 109. The molecule has 6 rings (SSSR count). The lowest BCUT2D eigenvalue weighted by Gasteiger charge is -2.47. The van der Waals surface area contributed by atoms with Crippen molar-refractivity contribution in [2.24, 2.45) is 11.8 Å². The number of carbonyl (C=O) groups is 3. The Morgan fingerprint density at radius 3 is 2.24 bits per heavy atom. The van der Waals surface area contributed by atoms with Gasteiger partial charge in [0, 0.05) is 25.7 Å². The summed E-state index contributed by atoms with van der Waals surface area (Å²) in [5.41, 5.74) is -2.12. The number of nitrogens with one attached hydrogen (secondary N) is 1. The first-order chi connectivity index (χ1) is 25.9. The van der Waals surface area contributed by atoms with Crippen LogP contribution in [-0.4, -0.2) is 179 Å². The van der Waals surface area contributed by atoms with Crippen LogP contribution < -0.4 is 5.32 Å². The van der Waals surface area contributed by atoms with Gasteiger partial charge in [0.1, 0.15) is 72.3 Å². The Bertz CT molecular complexity index is 1550. The minimum Gasteiger partial charge on any atom is -0.508 e. The maximum atomic E-state index is 13.7. The van der Waals surface area contributed by atoms with Gasteiger partial charge in [0.2, 0.25) is 5.91 Å². The second-order valence-corrected chi connectivity index (χ2v) is 15.2. The number of benzene rings is 1. The first-order valence-electron chi connectivity index (χ1n) is 18.1. The first kappa shape index (κ1) is 41.5. The van der Waals surface area contributed by atoms with Gasteiger partial charge < -0.3 is 84.8 Å². The van der Waals surface area contributed by atoms with Crippen molar-refractivity contribution < 1.29 is 93.9 Å². The predicted octanol–water partition coefficient (Wildman–Crippen LogP) is -4.34.